The van der Waals surface area contributed by atoms with Crippen LogP contribution in [0, 0.1) is 0 Å². The van der Waals surface area contributed by atoms with Crippen molar-refractivity contribution in [3.63, 3.8) is 0 Å². The summed E-state index contributed by atoms with van der Waals surface area (Å²) >= 11 is 0. The van der Waals surface area contributed by atoms with Gasteiger partial charge in [0.25, 0.3) is 0 Å². The number of furan rings is 1. The Morgan fingerprint density at radius 2 is 2.10 bits per heavy atom. The van der Waals surface area contributed by atoms with Crippen LogP contribution < -0.4 is 4.72 Å². The van der Waals surface area contributed by atoms with E-state index in [1.165, 1.54) is 6.92 Å². The number of sulfonamides is 1. The van der Waals surface area contributed by atoms with Crippen molar-refractivity contribution in [1.82, 2.24) is 4.72 Å². The first-order valence-electron chi connectivity index (χ1n) is 5.69. The minimum atomic E-state index is -4.10. The van der Waals surface area contributed by atoms with Gasteiger partial charge in [0.05, 0.1) is 7.11 Å². The Morgan fingerprint density at radius 1 is 1.50 bits per heavy atom. The van der Waals surface area contributed by atoms with Crippen LogP contribution in [0.3, 0.4) is 0 Å². The molecule has 0 saturated carbocycles. The number of carboxylic acids is 1. The summed E-state index contributed by atoms with van der Waals surface area (Å²) in [6, 6.07) is -0.289. The standard InChI is InChI=1S/C11H15NO7S/c1-4-7-9(5-8(19-7)11(15)18-3)20(16,17)12-6(2)10(13)14/h5-6,12H,4H2,1-3H3,(H,13,14)/t6-/m1/s1. The number of aliphatic carboxylic acids is 1. The number of hydrogen-bond acceptors (Lipinski definition) is 6. The molecule has 0 fully saturated rings. The van der Waals surface area contributed by atoms with Crippen molar-refractivity contribution >= 4 is 22.0 Å². The van der Waals surface area contributed by atoms with Gasteiger partial charge in [-0.05, 0) is 6.92 Å². The van der Waals surface area contributed by atoms with E-state index in [-0.39, 0.29) is 22.8 Å². The molecule has 0 bridgehead atoms. The maximum absolute atomic E-state index is 12.1. The predicted molar refractivity (Wildman–Crippen MR) is 66.8 cm³/mol. The summed E-state index contributed by atoms with van der Waals surface area (Å²) in [5, 5.41) is 8.73. The third-order valence-electron chi connectivity index (χ3n) is 2.47. The van der Waals surface area contributed by atoms with Crippen LogP contribution >= 0.6 is 0 Å². The van der Waals surface area contributed by atoms with Crippen LogP contribution in [-0.4, -0.2) is 38.6 Å². The molecule has 8 nitrogen and oxygen atoms in total. The fraction of sp³-hybridized carbons (Fsp3) is 0.455. The van der Waals surface area contributed by atoms with E-state index < -0.39 is 28.0 Å². The number of carbonyl (C=O) groups is 2. The largest absolute Gasteiger partial charge is 0.480 e. The second-order valence-corrected chi connectivity index (χ2v) is 5.61. The summed E-state index contributed by atoms with van der Waals surface area (Å²) in [6.07, 6.45) is 0.217. The van der Waals surface area contributed by atoms with Crippen LogP contribution in [0.5, 0.6) is 0 Å². The Balaban J connectivity index is 3.20. The van der Waals surface area contributed by atoms with Gasteiger partial charge in [0.1, 0.15) is 16.7 Å². The Bertz CT molecular complexity index is 617. The Labute approximate surface area is 115 Å². The van der Waals surface area contributed by atoms with Crippen LogP contribution in [0.25, 0.3) is 0 Å². The van der Waals surface area contributed by atoms with Crippen LogP contribution in [0.1, 0.15) is 30.2 Å². The van der Waals surface area contributed by atoms with Crippen LogP contribution in [0.4, 0.5) is 0 Å². The number of nitrogens with one attached hydrogen (secondary N) is 1. The SMILES string of the molecule is CCc1oc(C(=O)OC)cc1S(=O)(=O)N[C@H](C)C(=O)O. The summed E-state index contributed by atoms with van der Waals surface area (Å²) in [4.78, 5) is 21.8. The third kappa shape index (κ3) is 3.36. The lowest BCUT2D eigenvalue weighted by molar-refractivity contribution is -0.138. The predicted octanol–water partition coefficient (Wildman–Crippen LogP) is 0.380. The molecule has 2 N–H and O–H groups in total. The smallest absolute Gasteiger partial charge is 0.373 e. The second-order valence-electron chi connectivity index (χ2n) is 3.92. The Kier molecular flexibility index (Phi) is 4.90. The van der Waals surface area contributed by atoms with Gasteiger partial charge in [0.15, 0.2) is 0 Å². The van der Waals surface area contributed by atoms with E-state index in [1.807, 2.05) is 4.72 Å². The fourth-order valence-electron chi connectivity index (χ4n) is 1.43. The van der Waals surface area contributed by atoms with Crippen molar-refractivity contribution in [3.05, 3.63) is 17.6 Å². The molecule has 0 aliphatic carbocycles. The summed E-state index contributed by atoms with van der Waals surface area (Å²) in [5.74, 6) is -2.33. The zero-order valence-electron chi connectivity index (χ0n) is 11.2. The van der Waals surface area contributed by atoms with Crippen molar-refractivity contribution < 1.29 is 32.3 Å². The fourth-order valence-corrected chi connectivity index (χ4v) is 2.87. The van der Waals surface area contributed by atoms with Gasteiger partial charge in [-0.25, -0.2) is 13.2 Å². The second kappa shape index (κ2) is 6.06. The summed E-state index contributed by atoms with van der Waals surface area (Å²) < 4.78 is 35.6. The van der Waals surface area contributed by atoms with Gasteiger partial charge in [0, 0.05) is 12.5 Å². The first-order chi connectivity index (χ1) is 9.22. The maximum Gasteiger partial charge on any atom is 0.373 e. The Hall–Kier alpha value is -1.87. The highest BCUT2D eigenvalue weighted by Gasteiger charge is 2.28. The lowest BCUT2D eigenvalue weighted by Crippen LogP contribution is -2.38. The van der Waals surface area contributed by atoms with Crippen LogP contribution in [0.15, 0.2) is 15.4 Å². The van der Waals surface area contributed by atoms with Gasteiger partial charge in [-0.2, -0.15) is 4.72 Å². The van der Waals surface area contributed by atoms with Crippen molar-refractivity contribution in [2.75, 3.05) is 7.11 Å². The summed E-state index contributed by atoms with van der Waals surface area (Å²) in [6.45, 7) is 2.83. The number of carboxylic acid groups (broad SMARTS) is 1. The molecule has 0 unspecified atom stereocenters. The van der Waals surface area contributed by atoms with E-state index in [4.69, 9.17) is 9.52 Å². The number of esters is 1. The first-order valence-corrected chi connectivity index (χ1v) is 7.17. The molecule has 1 heterocycles. The molecule has 0 amide bonds. The van der Waals surface area contributed by atoms with E-state index in [0.717, 1.165) is 13.2 Å². The molecule has 0 aromatic carbocycles. The van der Waals surface area contributed by atoms with Crippen LogP contribution in [0.2, 0.25) is 0 Å². The lowest BCUT2D eigenvalue weighted by atomic mass is 10.3. The van der Waals surface area contributed by atoms with E-state index in [9.17, 15) is 18.0 Å². The Morgan fingerprint density at radius 3 is 2.55 bits per heavy atom. The molecule has 0 spiro atoms. The highest BCUT2D eigenvalue weighted by Crippen LogP contribution is 2.22. The van der Waals surface area contributed by atoms with Gasteiger partial charge in [-0.3, -0.25) is 4.79 Å². The molecule has 0 radical (unpaired) electrons. The molecule has 1 rings (SSSR count). The highest BCUT2D eigenvalue weighted by molar-refractivity contribution is 7.89. The number of aryl methyl sites for hydroxylation is 1. The maximum atomic E-state index is 12.1. The van der Waals surface area contributed by atoms with Crippen molar-refractivity contribution in [2.45, 2.75) is 31.2 Å². The topological polar surface area (TPSA) is 123 Å². The number of methoxy groups -OCH3 is 1. The number of hydrogen-bond donors (Lipinski definition) is 2. The van der Waals surface area contributed by atoms with E-state index in [1.54, 1.807) is 6.92 Å². The quantitative estimate of drug-likeness (QED) is 0.728. The third-order valence-corrected chi connectivity index (χ3v) is 4.06. The van der Waals surface area contributed by atoms with Gasteiger partial charge < -0.3 is 14.3 Å². The molecule has 112 valence electrons. The molecule has 20 heavy (non-hydrogen) atoms. The normalized spacial score (nSPS) is 12.9. The van der Waals surface area contributed by atoms with Crippen LogP contribution in [-0.2, 0) is 26.0 Å². The van der Waals surface area contributed by atoms with E-state index >= 15 is 0 Å². The van der Waals surface area contributed by atoms with Gasteiger partial charge in [0.2, 0.25) is 15.8 Å². The van der Waals surface area contributed by atoms with Gasteiger partial charge >= 0.3 is 11.9 Å². The number of ether oxygens (including phenoxy) is 1. The molecule has 0 saturated heterocycles. The van der Waals surface area contributed by atoms with Crippen molar-refractivity contribution in [1.29, 1.82) is 0 Å². The van der Waals surface area contributed by atoms with Gasteiger partial charge in [-0.15, -0.1) is 0 Å². The average molecular weight is 305 g/mol. The van der Waals surface area contributed by atoms with Crippen molar-refractivity contribution in [2.24, 2.45) is 0 Å². The van der Waals surface area contributed by atoms with E-state index in [2.05, 4.69) is 4.74 Å². The zero-order chi connectivity index (χ0) is 15.5. The highest BCUT2D eigenvalue weighted by atomic mass is 32.2. The number of rotatable bonds is 6. The molecule has 1 atom stereocenters. The molecule has 0 aliphatic rings. The minimum Gasteiger partial charge on any atom is -0.480 e. The molecule has 0 aliphatic heterocycles. The monoisotopic (exact) mass is 305 g/mol. The summed E-state index contributed by atoms with van der Waals surface area (Å²) in [5.41, 5.74) is 0. The molecular weight excluding hydrogens is 290 g/mol. The zero-order valence-corrected chi connectivity index (χ0v) is 12.0. The first kappa shape index (κ1) is 16.2. The summed E-state index contributed by atoms with van der Waals surface area (Å²) in [7, 11) is -2.97. The van der Waals surface area contributed by atoms with Crippen molar-refractivity contribution in [3.8, 4) is 0 Å². The lowest BCUT2D eigenvalue weighted by Gasteiger charge is -2.09. The molecule has 1 aromatic heterocycles. The van der Waals surface area contributed by atoms with E-state index in [0.29, 0.717) is 0 Å². The van der Waals surface area contributed by atoms with Gasteiger partial charge in [-0.1, -0.05) is 6.92 Å². The molecule has 1 aromatic rings. The molecule has 9 heteroatoms. The average Bonchev–Trinajstić information content (AvgIpc) is 2.82. The minimum absolute atomic E-state index is 0.0514. The number of carbonyl (C=O) groups excluding carboxylic acids is 1. The molecular formula is C11H15NO7S.